The highest BCUT2D eigenvalue weighted by molar-refractivity contribution is 14.0. The third kappa shape index (κ3) is 6.06. The van der Waals surface area contributed by atoms with Crippen LogP contribution in [0.25, 0.3) is 0 Å². The first-order chi connectivity index (χ1) is 13.2. The number of halogens is 1. The summed E-state index contributed by atoms with van der Waals surface area (Å²) in [5.41, 5.74) is 1.27. The highest BCUT2D eigenvalue weighted by Gasteiger charge is 2.23. The average Bonchev–Trinajstić information content (AvgIpc) is 3.37. The van der Waals surface area contributed by atoms with E-state index in [1.807, 2.05) is 12.1 Å². The second kappa shape index (κ2) is 11.2. The first-order valence-electron chi connectivity index (χ1n) is 9.31. The van der Waals surface area contributed by atoms with Gasteiger partial charge in [-0.2, -0.15) is 4.98 Å². The van der Waals surface area contributed by atoms with Gasteiger partial charge in [-0.3, -0.25) is 9.89 Å². The molecular weight excluding hydrogens is 471 g/mol. The average molecular weight is 500 g/mol. The van der Waals surface area contributed by atoms with Crippen LogP contribution >= 0.6 is 24.0 Å². The van der Waals surface area contributed by atoms with Gasteiger partial charge < -0.3 is 19.9 Å². The smallest absolute Gasteiger partial charge is 0.223 e. The molecule has 0 radical (unpaired) electrons. The van der Waals surface area contributed by atoms with E-state index in [0.29, 0.717) is 18.3 Å². The summed E-state index contributed by atoms with van der Waals surface area (Å²) in [6.07, 6.45) is 2.49. The van der Waals surface area contributed by atoms with E-state index in [1.165, 1.54) is 18.4 Å². The van der Waals surface area contributed by atoms with Gasteiger partial charge >= 0.3 is 0 Å². The zero-order valence-corrected chi connectivity index (χ0v) is 19.0. The van der Waals surface area contributed by atoms with Gasteiger partial charge in [0.05, 0.1) is 19.7 Å². The van der Waals surface area contributed by atoms with Crippen molar-refractivity contribution in [2.24, 2.45) is 4.99 Å². The number of rotatable bonds is 7. The van der Waals surface area contributed by atoms with Gasteiger partial charge in [0.15, 0.2) is 11.8 Å². The fraction of sp³-hybridized carbons (Fsp3) is 0.526. The van der Waals surface area contributed by atoms with Gasteiger partial charge in [0.1, 0.15) is 5.75 Å². The molecule has 154 valence electrons. The lowest BCUT2D eigenvalue weighted by molar-refractivity contribution is 0.245. The monoisotopic (exact) mass is 500 g/mol. The Morgan fingerprint density at radius 2 is 1.96 bits per heavy atom. The zero-order valence-electron chi connectivity index (χ0n) is 16.6. The zero-order chi connectivity index (χ0) is 19.1. The summed E-state index contributed by atoms with van der Waals surface area (Å²) in [6.45, 7) is 5.24. The number of aliphatic imine (C=N–C) groups is 1. The number of ether oxygens (including phenoxy) is 1. The molecule has 0 spiro atoms. The number of guanidine groups is 1. The third-order valence-electron chi connectivity index (χ3n) is 4.75. The second-order valence-electron chi connectivity index (χ2n) is 6.57. The molecule has 1 aliphatic rings. The maximum atomic E-state index is 5.29. The molecular formula is C19H29IN6O2. The van der Waals surface area contributed by atoms with E-state index in [2.05, 4.69) is 42.8 Å². The molecule has 1 aliphatic heterocycles. The van der Waals surface area contributed by atoms with Crippen molar-refractivity contribution >= 4 is 29.9 Å². The predicted octanol–water partition coefficient (Wildman–Crippen LogP) is 2.51. The fourth-order valence-corrected chi connectivity index (χ4v) is 3.33. The number of nitrogens with one attached hydrogen (secondary N) is 2. The van der Waals surface area contributed by atoms with Gasteiger partial charge in [0, 0.05) is 20.5 Å². The molecule has 1 atom stereocenters. The van der Waals surface area contributed by atoms with E-state index in [-0.39, 0.29) is 30.0 Å². The standard InChI is InChI=1S/C19H28N6O2.HI/c1-14-23-18(24-27-14)13-22-19(20-2)21-12-17(25-10-4-5-11-25)15-6-8-16(26-3)9-7-15;/h6-9,17H,4-5,10-13H2,1-3H3,(H2,20,21,22);1H. The van der Waals surface area contributed by atoms with Gasteiger partial charge in [-0.15, -0.1) is 24.0 Å². The van der Waals surface area contributed by atoms with E-state index < -0.39 is 0 Å². The Bertz CT molecular complexity index is 743. The first-order valence-corrected chi connectivity index (χ1v) is 9.31. The van der Waals surface area contributed by atoms with Crippen molar-refractivity contribution < 1.29 is 9.26 Å². The Labute approximate surface area is 183 Å². The van der Waals surface area contributed by atoms with Crippen molar-refractivity contribution in [2.75, 3.05) is 33.8 Å². The topological polar surface area (TPSA) is 87.8 Å². The molecule has 9 heteroatoms. The maximum Gasteiger partial charge on any atom is 0.223 e. The number of hydrogen-bond acceptors (Lipinski definition) is 6. The molecule has 28 heavy (non-hydrogen) atoms. The van der Waals surface area contributed by atoms with Crippen molar-refractivity contribution in [1.82, 2.24) is 25.7 Å². The minimum absolute atomic E-state index is 0. The molecule has 3 rings (SSSR count). The SMILES string of the molecule is CN=C(NCc1noc(C)n1)NCC(c1ccc(OC)cc1)N1CCCC1.I. The van der Waals surface area contributed by atoms with Crippen LogP contribution in [0.15, 0.2) is 33.8 Å². The van der Waals surface area contributed by atoms with E-state index >= 15 is 0 Å². The van der Waals surface area contributed by atoms with Crippen LogP contribution in [0.3, 0.4) is 0 Å². The van der Waals surface area contributed by atoms with Gasteiger partial charge in [0.2, 0.25) is 5.89 Å². The Morgan fingerprint density at radius 3 is 2.54 bits per heavy atom. The summed E-state index contributed by atoms with van der Waals surface area (Å²) in [6, 6.07) is 8.60. The van der Waals surface area contributed by atoms with Crippen LogP contribution in [0.1, 0.15) is 36.2 Å². The van der Waals surface area contributed by atoms with Crippen LogP contribution in [0.2, 0.25) is 0 Å². The maximum absolute atomic E-state index is 5.29. The number of methoxy groups -OCH3 is 1. The van der Waals surface area contributed by atoms with E-state index in [1.54, 1.807) is 21.1 Å². The molecule has 1 saturated heterocycles. The Hall–Kier alpha value is -1.88. The molecule has 0 aliphatic carbocycles. The molecule has 1 unspecified atom stereocenters. The molecule has 0 saturated carbocycles. The van der Waals surface area contributed by atoms with Crippen molar-refractivity contribution in [3.05, 3.63) is 41.5 Å². The quantitative estimate of drug-likeness (QED) is 0.343. The number of aromatic nitrogens is 2. The Balaban J connectivity index is 0.00000280. The summed E-state index contributed by atoms with van der Waals surface area (Å²) in [7, 11) is 3.45. The number of aryl methyl sites for hydroxylation is 1. The summed E-state index contributed by atoms with van der Waals surface area (Å²) in [5, 5.41) is 10.6. The van der Waals surface area contributed by atoms with E-state index in [9.17, 15) is 0 Å². The minimum Gasteiger partial charge on any atom is -0.497 e. The fourth-order valence-electron chi connectivity index (χ4n) is 3.33. The molecule has 2 heterocycles. The molecule has 2 aromatic rings. The van der Waals surface area contributed by atoms with E-state index in [0.717, 1.165) is 31.3 Å². The predicted molar refractivity (Wildman–Crippen MR) is 119 cm³/mol. The van der Waals surface area contributed by atoms with Crippen LogP contribution in [0.4, 0.5) is 0 Å². The van der Waals surface area contributed by atoms with Crippen molar-refractivity contribution in [3.8, 4) is 5.75 Å². The van der Waals surface area contributed by atoms with Gasteiger partial charge in [-0.25, -0.2) is 0 Å². The molecule has 1 fully saturated rings. The van der Waals surface area contributed by atoms with Crippen LogP contribution < -0.4 is 15.4 Å². The molecule has 2 N–H and O–H groups in total. The lowest BCUT2D eigenvalue weighted by Gasteiger charge is -2.29. The van der Waals surface area contributed by atoms with Crippen molar-refractivity contribution in [1.29, 1.82) is 0 Å². The molecule has 0 amide bonds. The first kappa shape index (κ1) is 22.4. The summed E-state index contributed by atoms with van der Waals surface area (Å²) in [4.78, 5) is 11.0. The van der Waals surface area contributed by atoms with Crippen molar-refractivity contribution in [3.63, 3.8) is 0 Å². The van der Waals surface area contributed by atoms with Crippen LogP contribution in [0.5, 0.6) is 5.75 Å². The Kier molecular flexibility index (Phi) is 8.97. The molecule has 0 bridgehead atoms. The van der Waals surface area contributed by atoms with Crippen LogP contribution in [-0.4, -0.2) is 54.8 Å². The van der Waals surface area contributed by atoms with Crippen LogP contribution in [-0.2, 0) is 6.54 Å². The third-order valence-corrected chi connectivity index (χ3v) is 4.75. The Morgan fingerprint density at radius 1 is 1.25 bits per heavy atom. The lowest BCUT2D eigenvalue weighted by atomic mass is 10.1. The van der Waals surface area contributed by atoms with Gasteiger partial charge in [0.25, 0.3) is 0 Å². The second-order valence-corrected chi connectivity index (χ2v) is 6.57. The highest BCUT2D eigenvalue weighted by atomic mass is 127. The summed E-state index contributed by atoms with van der Waals surface area (Å²) in [5.74, 6) is 2.76. The molecule has 8 nitrogen and oxygen atoms in total. The highest BCUT2D eigenvalue weighted by Crippen LogP contribution is 2.26. The summed E-state index contributed by atoms with van der Waals surface area (Å²) >= 11 is 0. The van der Waals surface area contributed by atoms with Crippen molar-refractivity contribution in [2.45, 2.75) is 32.4 Å². The lowest BCUT2D eigenvalue weighted by Crippen LogP contribution is -2.42. The van der Waals surface area contributed by atoms with Gasteiger partial charge in [-0.05, 0) is 43.6 Å². The van der Waals surface area contributed by atoms with Gasteiger partial charge in [-0.1, -0.05) is 17.3 Å². The normalized spacial score (nSPS) is 15.8. The molecule has 1 aromatic carbocycles. The number of nitrogens with zero attached hydrogens (tertiary/aromatic N) is 4. The summed E-state index contributed by atoms with van der Waals surface area (Å²) < 4.78 is 10.3. The van der Waals surface area contributed by atoms with Crippen LogP contribution in [0, 0.1) is 6.92 Å². The minimum atomic E-state index is 0. The number of likely N-dealkylation sites (tertiary alicyclic amines) is 1. The largest absolute Gasteiger partial charge is 0.497 e. The number of benzene rings is 1. The molecule has 1 aromatic heterocycles. The number of hydrogen-bond donors (Lipinski definition) is 2. The van der Waals surface area contributed by atoms with E-state index in [4.69, 9.17) is 9.26 Å².